The fraction of sp³-hybridized carbons (Fsp3) is 0.938. The Labute approximate surface area is 144 Å². The van der Waals surface area contributed by atoms with Crippen LogP contribution in [0.5, 0.6) is 0 Å². The minimum absolute atomic E-state index is 0.120. The van der Waals surface area contributed by atoms with Gasteiger partial charge in [0.25, 0.3) is 0 Å². The lowest BCUT2D eigenvalue weighted by Gasteiger charge is -2.36. The zero-order chi connectivity index (χ0) is 17.9. The van der Waals surface area contributed by atoms with E-state index in [4.69, 9.17) is 14.0 Å². The van der Waals surface area contributed by atoms with E-state index in [1.54, 1.807) is 0 Å². The van der Waals surface area contributed by atoms with Crippen LogP contribution in [0.2, 0.25) is 0 Å². The molecule has 1 saturated heterocycles. The maximum atomic E-state index is 13.6. The second-order valence-corrected chi connectivity index (χ2v) is 9.90. The summed E-state index contributed by atoms with van der Waals surface area (Å²) in [5.74, 6) is 1.36. The lowest BCUT2D eigenvalue weighted by atomic mass is 9.67. The monoisotopic (exact) mass is 378 g/mol. The smallest absolute Gasteiger partial charge is 0.405 e. The molecule has 4 saturated carbocycles. The van der Waals surface area contributed by atoms with Crippen LogP contribution >= 0.6 is 0 Å². The lowest BCUT2D eigenvalue weighted by Crippen LogP contribution is -2.44. The Bertz CT molecular complexity index is 739. The Kier molecular flexibility index (Phi) is 3.09. The summed E-state index contributed by atoms with van der Waals surface area (Å²) < 4.78 is 68.0. The third-order valence-corrected chi connectivity index (χ3v) is 8.50. The predicted molar refractivity (Wildman–Crippen MR) is 79.0 cm³/mol. The lowest BCUT2D eigenvalue weighted by molar-refractivity contribution is -0.167. The summed E-state index contributed by atoms with van der Waals surface area (Å²) in [7, 11) is -5.63. The third kappa shape index (κ3) is 2.00. The van der Waals surface area contributed by atoms with Gasteiger partial charge in [-0.15, -0.1) is 0 Å². The minimum Gasteiger partial charge on any atom is -0.455 e. The molecule has 9 heteroatoms. The molecule has 0 aromatic rings. The highest BCUT2D eigenvalue weighted by atomic mass is 32.2. The van der Waals surface area contributed by atoms with Gasteiger partial charge in [-0.3, -0.25) is 9.35 Å². The minimum atomic E-state index is -5.63. The first kappa shape index (κ1) is 16.4. The van der Waals surface area contributed by atoms with Gasteiger partial charge in [0.2, 0.25) is 0 Å². The summed E-state index contributed by atoms with van der Waals surface area (Å²) >= 11 is 0. The number of halogens is 2. The Morgan fingerprint density at radius 2 is 1.80 bits per heavy atom. The summed E-state index contributed by atoms with van der Waals surface area (Å²) in [6.45, 7) is 0.793. The normalized spacial score (nSPS) is 50.5. The number of hydrogen-bond donors (Lipinski definition) is 1. The molecule has 10 atom stereocenters. The van der Waals surface area contributed by atoms with E-state index in [0.29, 0.717) is 48.2 Å². The molecule has 5 aliphatic rings. The molecule has 0 aromatic carbocycles. The largest absolute Gasteiger partial charge is 0.455 e. The quantitative estimate of drug-likeness (QED) is 0.346. The summed E-state index contributed by atoms with van der Waals surface area (Å²) in [5.41, 5.74) is 0. The molecule has 5 rings (SSSR count). The van der Waals surface area contributed by atoms with E-state index >= 15 is 0 Å². The number of carbonyl (C=O) groups excluding carboxylic acids is 1. The summed E-state index contributed by atoms with van der Waals surface area (Å²) in [6.07, 6.45) is 1.20. The number of fused-ring (bicyclic) bond motifs is 12. The molecule has 0 spiro atoms. The van der Waals surface area contributed by atoms with Crippen LogP contribution in [0.15, 0.2) is 0 Å². The predicted octanol–water partition coefficient (Wildman–Crippen LogP) is 1.70. The fourth-order valence-corrected chi connectivity index (χ4v) is 7.13. The van der Waals surface area contributed by atoms with Crippen molar-refractivity contribution in [1.82, 2.24) is 0 Å². The van der Waals surface area contributed by atoms with Gasteiger partial charge < -0.3 is 9.47 Å². The van der Waals surface area contributed by atoms with Crippen molar-refractivity contribution in [2.75, 3.05) is 0 Å². The standard InChI is InChI=1S/C16H20F2O6S/c1-5(16(17,18)25(20,21)22)23-15(19)8-3-6-2-7(8)12-10-4-9(11(6)12)13-14(10)24-13/h5-14H,2-4H2,1H3,(H,20,21,22). The number of carbonyl (C=O) groups is 1. The summed E-state index contributed by atoms with van der Waals surface area (Å²) in [4.78, 5) is 12.4. The Morgan fingerprint density at radius 1 is 1.16 bits per heavy atom. The third-order valence-electron chi connectivity index (χ3n) is 7.48. The molecule has 1 N–H and O–H groups in total. The number of epoxide rings is 1. The van der Waals surface area contributed by atoms with Crippen LogP contribution in [0.4, 0.5) is 8.78 Å². The van der Waals surface area contributed by atoms with Gasteiger partial charge in [0.05, 0.1) is 18.1 Å². The molecule has 4 aliphatic carbocycles. The Hall–Kier alpha value is -0.800. The summed E-state index contributed by atoms with van der Waals surface area (Å²) in [5, 5.41) is -4.51. The van der Waals surface area contributed by atoms with E-state index in [2.05, 4.69) is 0 Å². The van der Waals surface area contributed by atoms with E-state index < -0.39 is 33.4 Å². The molecule has 1 heterocycles. The molecule has 5 fully saturated rings. The second-order valence-electron chi connectivity index (χ2n) is 8.40. The van der Waals surface area contributed by atoms with Crippen LogP contribution in [0, 0.1) is 41.4 Å². The molecule has 0 radical (unpaired) electrons. The van der Waals surface area contributed by atoms with Crippen molar-refractivity contribution >= 4 is 16.1 Å². The van der Waals surface area contributed by atoms with Gasteiger partial charge in [-0.25, -0.2) is 0 Å². The first-order valence-corrected chi connectivity index (χ1v) is 10.3. The number of rotatable bonds is 4. The molecule has 0 amide bonds. The zero-order valence-electron chi connectivity index (χ0n) is 13.5. The number of hydrogen-bond acceptors (Lipinski definition) is 5. The van der Waals surface area contributed by atoms with Gasteiger partial charge >= 0.3 is 21.3 Å². The fourth-order valence-electron chi connectivity index (χ4n) is 6.66. The van der Waals surface area contributed by atoms with Gasteiger partial charge in [0.1, 0.15) is 0 Å². The zero-order valence-corrected chi connectivity index (χ0v) is 14.4. The van der Waals surface area contributed by atoms with Crippen molar-refractivity contribution in [2.45, 2.75) is 49.8 Å². The van der Waals surface area contributed by atoms with Crippen molar-refractivity contribution in [1.29, 1.82) is 0 Å². The maximum absolute atomic E-state index is 13.6. The van der Waals surface area contributed by atoms with Gasteiger partial charge in [0.15, 0.2) is 6.10 Å². The molecule has 4 bridgehead atoms. The van der Waals surface area contributed by atoms with Crippen LogP contribution in [0.1, 0.15) is 26.2 Å². The number of esters is 1. The SMILES string of the molecule is CC(OC(=O)C1CC2CC1C1C3CC(C4OC34)C21)C(F)(F)S(=O)(=O)O. The Balaban J connectivity index is 1.30. The summed E-state index contributed by atoms with van der Waals surface area (Å²) in [6, 6.07) is 0. The first-order chi connectivity index (χ1) is 11.6. The topological polar surface area (TPSA) is 93.2 Å². The average molecular weight is 378 g/mol. The van der Waals surface area contributed by atoms with Crippen LogP contribution in [0.3, 0.4) is 0 Å². The van der Waals surface area contributed by atoms with E-state index in [9.17, 15) is 22.0 Å². The van der Waals surface area contributed by atoms with Crippen LogP contribution in [-0.2, 0) is 24.4 Å². The van der Waals surface area contributed by atoms with Gasteiger partial charge in [-0.1, -0.05) is 0 Å². The van der Waals surface area contributed by atoms with Crippen molar-refractivity contribution in [3.8, 4) is 0 Å². The van der Waals surface area contributed by atoms with Gasteiger partial charge in [-0.2, -0.15) is 17.2 Å². The van der Waals surface area contributed by atoms with E-state index in [-0.39, 0.29) is 5.92 Å². The van der Waals surface area contributed by atoms with E-state index in [0.717, 1.165) is 19.8 Å². The van der Waals surface area contributed by atoms with Crippen molar-refractivity contribution in [3.05, 3.63) is 0 Å². The van der Waals surface area contributed by atoms with Gasteiger partial charge in [-0.05, 0) is 61.7 Å². The highest BCUT2D eigenvalue weighted by Crippen LogP contribution is 2.73. The molecule has 25 heavy (non-hydrogen) atoms. The van der Waals surface area contributed by atoms with Crippen molar-refractivity contribution < 1.29 is 36.0 Å². The Morgan fingerprint density at radius 3 is 2.44 bits per heavy atom. The first-order valence-electron chi connectivity index (χ1n) is 8.82. The van der Waals surface area contributed by atoms with E-state index in [1.165, 1.54) is 0 Å². The number of alkyl halides is 2. The van der Waals surface area contributed by atoms with Crippen LogP contribution < -0.4 is 0 Å². The average Bonchev–Trinajstić information content (AvgIpc) is 2.90. The number of ether oxygens (including phenoxy) is 2. The van der Waals surface area contributed by atoms with Crippen LogP contribution in [-0.4, -0.2) is 42.5 Å². The van der Waals surface area contributed by atoms with Crippen LogP contribution in [0.25, 0.3) is 0 Å². The highest BCUT2D eigenvalue weighted by molar-refractivity contribution is 7.86. The molecule has 1 aliphatic heterocycles. The van der Waals surface area contributed by atoms with Crippen molar-refractivity contribution in [2.24, 2.45) is 41.4 Å². The highest BCUT2D eigenvalue weighted by Gasteiger charge is 2.74. The van der Waals surface area contributed by atoms with E-state index in [1.807, 2.05) is 0 Å². The molecule has 0 aromatic heterocycles. The molecule has 6 nitrogen and oxygen atoms in total. The molecule has 10 unspecified atom stereocenters. The van der Waals surface area contributed by atoms with Gasteiger partial charge in [0, 0.05) is 0 Å². The van der Waals surface area contributed by atoms with Crippen molar-refractivity contribution in [3.63, 3.8) is 0 Å². The molecular formula is C16H20F2O6S. The molecular weight excluding hydrogens is 358 g/mol. The second kappa shape index (κ2) is 4.72. The molecule has 140 valence electrons. The maximum Gasteiger partial charge on any atom is 0.405 e.